The summed E-state index contributed by atoms with van der Waals surface area (Å²) in [6.07, 6.45) is 0. The van der Waals surface area contributed by atoms with E-state index in [0.717, 1.165) is 0 Å². The number of hydrogen-bond donors (Lipinski definition) is 1. The number of thiocarbonyl (C=S) groups is 2. The summed E-state index contributed by atoms with van der Waals surface area (Å²) in [6.45, 7) is 5.71. The molecule has 0 aliphatic heterocycles. The molecule has 0 aliphatic carbocycles. The van der Waals surface area contributed by atoms with E-state index in [-0.39, 0.29) is 18.8 Å². The molecule has 0 saturated heterocycles. The summed E-state index contributed by atoms with van der Waals surface area (Å²) >= 11 is 9.74. The molecule has 0 aromatic carbocycles. The molecule has 1 atom stereocenters. The first-order chi connectivity index (χ1) is 5.95. The van der Waals surface area contributed by atoms with Crippen LogP contribution in [0.25, 0.3) is 0 Å². The predicted molar refractivity (Wildman–Crippen MR) is 60.7 cm³/mol. The van der Waals surface area contributed by atoms with Crippen LogP contribution in [0.4, 0.5) is 0 Å². The molecule has 1 unspecified atom stereocenters. The lowest BCUT2D eigenvalue weighted by Crippen LogP contribution is -2.28. The van der Waals surface area contributed by atoms with Crippen molar-refractivity contribution in [2.24, 2.45) is 11.7 Å². The maximum atomic E-state index is 5.46. The minimum Gasteiger partial charge on any atom is -0.451 e. The van der Waals surface area contributed by atoms with Crippen LogP contribution in [0.1, 0.15) is 20.8 Å². The van der Waals surface area contributed by atoms with E-state index >= 15 is 0 Å². The molecule has 0 fully saturated rings. The monoisotopic (exact) mass is 221 g/mol. The third-order valence-corrected chi connectivity index (χ3v) is 2.32. The second-order valence-electron chi connectivity index (χ2n) is 2.99. The molecule has 5 heteroatoms. The van der Waals surface area contributed by atoms with Crippen molar-refractivity contribution in [2.45, 2.75) is 26.8 Å². The van der Waals surface area contributed by atoms with Crippen LogP contribution in [0.5, 0.6) is 0 Å². The average molecular weight is 221 g/mol. The standard InChI is InChI=1S/C8H15NO2S2/c1-5(2)7(12)10-4-11-8(13)6(3)9/h5-6H,4,9H2,1-3H3. The number of ether oxygens (including phenoxy) is 2. The Labute approximate surface area is 89.6 Å². The van der Waals surface area contributed by atoms with E-state index in [1.165, 1.54) is 0 Å². The smallest absolute Gasteiger partial charge is 0.232 e. The molecule has 0 aromatic heterocycles. The Balaban J connectivity index is 3.57. The van der Waals surface area contributed by atoms with Crippen molar-refractivity contribution in [2.75, 3.05) is 6.79 Å². The van der Waals surface area contributed by atoms with Gasteiger partial charge in [0.2, 0.25) is 6.79 Å². The third-order valence-electron chi connectivity index (χ3n) is 1.25. The largest absolute Gasteiger partial charge is 0.451 e. The average Bonchev–Trinajstić information content (AvgIpc) is 2.03. The van der Waals surface area contributed by atoms with Crippen molar-refractivity contribution >= 4 is 34.5 Å². The van der Waals surface area contributed by atoms with Gasteiger partial charge in [-0.05, 0) is 31.4 Å². The SMILES string of the molecule is CC(C)C(=S)OCOC(=S)C(C)N. The summed E-state index contributed by atoms with van der Waals surface area (Å²) in [6, 6.07) is -0.258. The Bertz CT molecular complexity index is 173. The van der Waals surface area contributed by atoms with Gasteiger partial charge in [0.05, 0.1) is 6.04 Å². The molecule has 3 nitrogen and oxygen atoms in total. The first-order valence-electron chi connectivity index (χ1n) is 4.04. The zero-order chi connectivity index (χ0) is 10.4. The van der Waals surface area contributed by atoms with Gasteiger partial charge in [0.25, 0.3) is 0 Å². The Kier molecular flexibility index (Phi) is 6.11. The van der Waals surface area contributed by atoms with Crippen molar-refractivity contribution in [3.8, 4) is 0 Å². The van der Waals surface area contributed by atoms with E-state index in [4.69, 9.17) is 39.6 Å². The lowest BCUT2D eigenvalue weighted by atomic mass is 10.2. The van der Waals surface area contributed by atoms with Crippen LogP contribution in [0, 0.1) is 5.92 Å². The van der Waals surface area contributed by atoms with Crippen LogP contribution in [0.15, 0.2) is 0 Å². The molecule has 0 heterocycles. The Morgan fingerprint density at radius 1 is 1.15 bits per heavy atom. The summed E-state index contributed by atoms with van der Waals surface area (Å²) < 4.78 is 10.1. The van der Waals surface area contributed by atoms with Gasteiger partial charge in [-0.3, -0.25) is 0 Å². The fourth-order valence-electron chi connectivity index (χ4n) is 0.444. The molecule has 76 valence electrons. The number of hydrogen-bond acceptors (Lipinski definition) is 5. The van der Waals surface area contributed by atoms with Gasteiger partial charge >= 0.3 is 0 Å². The highest BCUT2D eigenvalue weighted by atomic mass is 32.1. The predicted octanol–water partition coefficient (Wildman–Crippen LogP) is 1.64. The zero-order valence-electron chi connectivity index (χ0n) is 8.07. The molecule has 0 rings (SSSR count). The second-order valence-corrected chi connectivity index (χ2v) is 3.79. The molecule has 0 aliphatic rings. The van der Waals surface area contributed by atoms with Gasteiger partial charge in [0.1, 0.15) is 0 Å². The van der Waals surface area contributed by atoms with Crippen molar-refractivity contribution in [3.63, 3.8) is 0 Å². The normalized spacial score (nSPS) is 12.4. The van der Waals surface area contributed by atoms with E-state index in [2.05, 4.69) is 0 Å². The fourth-order valence-corrected chi connectivity index (χ4v) is 0.540. The van der Waals surface area contributed by atoms with Gasteiger partial charge in [-0.15, -0.1) is 0 Å². The van der Waals surface area contributed by atoms with E-state index in [9.17, 15) is 0 Å². The van der Waals surface area contributed by atoms with Crippen LogP contribution in [-0.2, 0) is 9.47 Å². The minimum absolute atomic E-state index is 0.0530. The summed E-state index contributed by atoms with van der Waals surface area (Å²) in [7, 11) is 0. The van der Waals surface area contributed by atoms with Crippen LogP contribution in [0.2, 0.25) is 0 Å². The summed E-state index contributed by atoms with van der Waals surface area (Å²) in [5.41, 5.74) is 5.46. The highest BCUT2D eigenvalue weighted by molar-refractivity contribution is 7.80. The van der Waals surface area contributed by atoms with E-state index in [1.54, 1.807) is 6.92 Å². The van der Waals surface area contributed by atoms with Crippen LogP contribution < -0.4 is 5.73 Å². The van der Waals surface area contributed by atoms with E-state index in [1.807, 2.05) is 13.8 Å². The van der Waals surface area contributed by atoms with Crippen molar-refractivity contribution in [1.82, 2.24) is 0 Å². The van der Waals surface area contributed by atoms with Gasteiger partial charge in [0.15, 0.2) is 10.1 Å². The fraction of sp³-hybridized carbons (Fsp3) is 0.750. The second kappa shape index (κ2) is 6.23. The highest BCUT2D eigenvalue weighted by Gasteiger charge is 2.06. The topological polar surface area (TPSA) is 44.5 Å². The first kappa shape index (κ1) is 12.7. The van der Waals surface area contributed by atoms with Crippen molar-refractivity contribution < 1.29 is 9.47 Å². The lowest BCUT2D eigenvalue weighted by Gasteiger charge is -2.13. The summed E-state index contributed by atoms with van der Waals surface area (Å²) in [4.78, 5) is 0. The maximum absolute atomic E-state index is 5.46. The zero-order valence-corrected chi connectivity index (χ0v) is 9.71. The molecule has 0 radical (unpaired) electrons. The Morgan fingerprint density at radius 2 is 1.62 bits per heavy atom. The molecular weight excluding hydrogens is 206 g/mol. The van der Waals surface area contributed by atoms with E-state index in [0.29, 0.717) is 10.1 Å². The molecule has 0 aromatic rings. The van der Waals surface area contributed by atoms with Crippen molar-refractivity contribution in [3.05, 3.63) is 0 Å². The van der Waals surface area contributed by atoms with Crippen LogP contribution in [0.3, 0.4) is 0 Å². The van der Waals surface area contributed by atoms with Gasteiger partial charge in [0, 0.05) is 5.92 Å². The Morgan fingerprint density at radius 3 is 2.00 bits per heavy atom. The summed E-state index contributed by atoms with van der Waals surface area (Å²) in [5, 5.41) is 0.860. The first-order valence-corrected chi connectivity index (χ1v) is 4.85. The van der Waals surface area contributed by atoms with Crippen molar-refractivity contribution in [1.29, 1.82) is 0 Å². The van der Waals surface area contributed by atoms with Gasteiger partial charge in [-0.2, -0.15) is 0 Å². The molecule has 0 amide bonds. The quantitative estimate of drug-likeness (QED) is 0.577. The van der Waals surface area contributed by atoms with Gasteiger partial charge in [-0.1, -0.05) is 13.8 Å². The molecule has 0 spiro atoms. The lowest BCUT2D eigenvalue weighted by molar-refractivity contribution is 0.0966. The van der Waals surface area contributed by atoms with Gasteiger partial charge < -0.3 is 15.2 Å². The minimum atomic E-state index is -0.258. The summed E-state index contributed by atoms with van der Waals surface area (Å²) in [5.74, 6) is 0.211. The molecular formula is C8H15NO2S2. The third kappa shape index (κ3) is 5.90. The molecule has 13 heavy (non-hydrogen) atoms. The van der Waals surface area contributed by atoms with Crippen LogP contribution in [-0.4, -0.2) is 22.9 Å². The molecule has 2 N–H and O–H groups in total. The maximum Gasteiger partial charge on any atom is 0.232 e. The highest BCUT2D eigenvalue weighted by Crippen LogP contribution is 1.99. The number of nitrogens with two attached hydrogens (primary N) is 1. The molecule has 0 bridgehead atoms. The number of rotatable bonds is 4. The molecule has 0 saturated carbocycles. The Hall–Kier alpha value is -0.260. The van der Waals surface area contributed by atoms with E-state index < -0.39 is 0 Å². The van der Waals surface area contributed by atoms with Gasteiger partial charge in [-0.25, -0.2) is 0 Å². The van der Waals surface area contributed by atoms with Crippen LogP contribution >= 0.6 is 24.4 Å².